The number of hydrogen-bond donors (Lipinski definition) is 4. The Morgan fingerprint density at radius 3 is 1.22 bits per heavy atom. The zero-order valence-corrected chi connectivity index (χ0v) is 23.5. The highest BCUT2D eigenvalue weighted by atomic mass is 32.1. The van der Waals surface area contributed by atoms with Crippen LogP contribution in [0.2, 0.25) is 0 Å². The van der Waals surface area contributed by atoms with Gasteiger partial charge in [-0.3, -0.25) is 0 Å². The van der Waals surface area contributed by atoms with Crippen LogP contribution in [-0.2, 0) is 33.2 Å². The quantitative estimate of drug-likeness (QED) is 0.0433. The summed E-state index contributed by atoms with van der Waals surface area (Å²) >= 11 is 4.24. The van der Waals surface area contributed by atoms with E-state index in [1.165, 1.54) is 51.4 Å². The van der Waals surface area contributed by atoms with Crippen molar-refractivity contribution in [1.82, 2.24) is 0 Å². The normalized spacial score (nSPS) is 12.9. The molecule has 37 heavy (non-hydrogen) atoms. The molecule has 0 saturated carbocycles. The van der Waals surface area contributed by atoms with E-state index < -0.39 is 12.0 Å². The molecule has 0 aromatic rings. The van der Waals surface area contributed by atoms with Crippen LogP contribution in [0.5, 0.6) is 0 Å². The number of thiol groups is 1. The van der Waals surface area contributed by atoms with Gasteiger partial charge in [0.2, 0.25) is 6.29 Å². The van der Waals surface area contributed by atoms with E-state index in [-0.39, 0.29) is 13.2 Å². The van der Waals surface area contributed by atoms with Gasteiger partial charge in [0.05, 0.1) is 79.3 Å². The number of hydrogen-bond acceptors (Lipinski definition) is 11. The van der Waals surface area contributed by atoms with Crippen molar-refractivity contribution in [3.8, 4) is 0 Å². The second-order valence-electron chi connectivity index (χ2n) is 8.36. The Morgan fingerprint density at radius 2 is 0.838 bits per heavy atom. The first-order chi connectivity index (χ1) is 18.2. The molecule has 0 aliphatic heterocycles. The fourth-order valence-corrected chi connectivity index (χ4v) is 3.35. The van der Waals surface area contributed by atoms with Crippen LogP contribution in [0.3, 0.4) is 0 Å². The lowest BCUT2D eigenvalue weighted by molar-refractivity contribution is -0.110. The summed E-state index contributed by atoms with van der Waals surface area (Å²) in [5.74, 6) is 0.358. The standard InChI is InChI=1S/C26H52O10S/c27-24-25(28)26(29)36-22-21-35-20-19-34-18-17-33-16-15-32-14-13-31-12-11-30-10-8-6-4-2-1-3-5-7-9-23-37/h24,26-29,37H,1-23H2/t26-/m0/s1. The average Bonchev–Trinajstić information content (AvgIpc) is 2.91. The van der Waals surface area contributed by atoms with Gasteiger partial charge in [-0.15, -0.1) is 0 Å². The summed E-state index contributed by atoms with van der Waals surface area (Å²) in [6.45, 7) is 6.09. The molecule has 3 N–H and O–H groups in total. The maximum Gasteiger partial charge on any atom is 0.217 e. The number of ether oxygens (including phenoxy) is 7. The van der Waals surface area contributed by atoms with E-state index in [1.54, 1.807) is 0 Å². The largest absolute Gasteiger partial charge is 0.512 e. The predicted octanol–water partition coefficient (Wildman–Crippen LogP) is 3.82. The second-order valence-corrected chi connectivity index (χ2v) is 8.80. The van der Waals surface area contributed by atoms with E-state index in [2.05, 4.69) is 12.6 Å². The molecule has 0 bridgehead atoms. The van der Waals surface area contributed by atoms with E-state index in [4.69, 9.17) is 43.4 Å². The van der Waals surface area contributed by atoms with Crippen LogP contribution in [0.4, 0.5) is 0 Å². The second kappa shape index (κ2) is 31.6. The molecule has 0 unspecified atom stereocenters. The summed E-state index contributed by atoms with van der Waals surface area (Å²) in [5.41, 5.74) is 0. The molecule has 0 aliphatic carbocycles. The predicted molar refractivity (Wildman–Crippen MR) is 146 cm³/mol. The third-order valence-corrected chi connectivity index (χ3v) is 5.51. The molecule has 0 rings (SSSR count). The summed E-state index contributed by atoms with van der Waals surface area (Å²) in [6, 6.07) is 0. The van der Waals surface area contributed by atoms with E-state index in [9.17, 15) is 5.11 Å². The van der Waals surface area contributed by atoms with Crippen LogP contribution in [0.25, 0.3) is 0 Å². The first-order valence-corrected chi connectivity index (χ1v) is 14.3. The fourth-order valence-electron chi connectivity index (χ4n) is 3.12. The number of unbranched alkanes of at least 4 members (excludes halogenated alkanes) is 8. The molecule has 0 radical (unpaired) electrons. The molecule has 222 valence electrons. The van der Waals surface area contributed by atoms with Gasteiger partial charge in [0.25, 0.3) is 0 Å². The highest BCUT2D eigenvalue weighted by Gasteiger charge is 2.08. The Labute approximate surface area is 229 Å². The minimum Gasteiger partial charge on any atom is -0.512 e. The first kappa shape index (κ1) is 36.4. The van der Waals surface area contributed by atoms with E-state index in [1.807, 2.05) is 0 Å². The fraction of sp³-hybridized carbons (Fsp3) is 0.923. The first-order valence-electron chi connectivity index (χ1n) is 13.6. The third-order valence-electron chi connectivity index (χ3n) is 5.20. The van der Waals surface area contributed by atoms with Gasteiger partial charge in [-0.2, -0.15) is 12.6 Å². The highest BCUT2D eigenvalue weighted by molar-refractivity contribution is 7.80. The van der Waals surface area contributed by atoms with Gasteiger partial charge in [0, 0.05) is 6.61 Å². The maximum atomic E-state index is 9.20. The molecule has 0 spiro atoms. The number of rotatable bonds is 31. The number of aliphatic hydroxyl groups excluding tert-OH is 3. The molecule has 11 heteroatoms. The van der Waals surface area contributed by atoms with Gasteiger partial charge >= 0.3 is 0 Å². The van der Waals surface area contributed by atoms with Gasteiger partial charge in [-0.05, 0) is 18.6 Å². The van der Waals surface area contributed by atoms with Crippen LogP contribution < -0.4 is 0 Å². The Bertz CT molecular complexity index is 471. The Morgan fingerprint density at radius 1 is 0.514 bits per heavy atom. The monoisotopic (exact) mass is 556 g/mol. The van der Waals surface area contributed by atoms with Crippen molar-refractivity contribution < 1.29 is 48.5 Å². The molecular formula is C26H52O10S. The molecule has 0 saturated heterocycles. The van der Waals surface area contributed by atoms with Gasteiger partial charge in [0.15, 0.2) is 5.76 Å². The van der Waals surface area contributed by atoms with Crippen molar-refractivity contribution in [1.29, 1.82) is 0 Å². The zero-order valence-electron chi connectivity index (χ0n) is 22.6. The molecule has 0 amide bonds. The lowest BCUT2D eigenvalue weighted by Gasteiger charge is -2.11. The summed E-state index contributed by atoms with van der Waals surface area (Å²) in [7, 11) is 0. The average molecular weight is 557 g/mol. The van der Waals surface area contributed by atoms with Gasteiger partial charge in [-0.1, -0.05) is 44.9 Å². The van der Waals surface area contributed by atoms with Gasteiger partial charge in [-0.25, -0.2) is 0 Å². The van der Waals surface area contributed by atoms with Crippen molar-refractivity contribution in [3.05, 3.63) is 12.0 Å². The van der Waals surface area contributed by atoms with Crippen molar-refractivity contribution in [2.24, 2.45) is 0 Å². The highest BCUT2D eigenvalue weighted by Crippen LogP contribution is 2.10. The van der Waals surface area contributed by atoms with Gasteiger partial charge in [0.1, 0.15) is 6.26 Å². The third kappa shape index (κ3) is 29.8. The molecule has 0 fully saturated rings. The Kier molecular flexibility index (Phi) is 31.0. The summed E-state index contributed by atoms with van der Waals surface area (Å²) in [4.78, 5) is 0. The van der Waals surface area contributed by atoms with Crippen LogP contribution in [0, 0.1) is 0 Å². The van der Waals surface area contributed by atoms with Crippen molar-refractivity contribution in [2.75, 3.05) is 91.6 Å². The van der Waals surface area contributed by atoms with E-state index >= 15 is 0 Å². The van der Waals surface area contributed by atoms with Crippen LogP contribution in [0.15, 0.2) is 12.0 Å². The molecule has 0 heterocycles. The Hall–Kier alpha value is -0.630. The maximum absolute atomic E-state index is 9.20. The van der Waals surface area contributed by atoms with E-state index in [0.717, 1.165) is 18.8 Å². The molecule has 1 atom stereocenters. The molecule has 0 aromatic carbocycles. The SMILES string of the molecule is OC=C(O)[C@@H](O)OCCOCCOCCOCCOCCOCCOCCCCCCCCCCCS. The summed E-state index contributed by atoms with van der Waals surface area (Å²) < 4.78 is 37.4. The van der Waals surface area contributed by atoms with Crippen molar-refractivity contribution >= 4 is 12.6 Å². The number of aliphatic hydroxyl groups is 3. The molecule has 10 nitrogen and oxygen atoms in total. The van der Waals surface area contributed by atoms with Crippen LogP contribution in [-0.4, -0.2) is 113 Å². The lowest BCUT2D eigenvalue weighted by atomic mass is 10.1. The minimum absolute atomic E-state index is 0.0685. The van der Waals surface area contributed by atoms with E-state index in [0.29, 0.717) is 72.3 Å². The summed E-state index contributed by atoms with van der Waals surface area (Å²) in [5, 5.41) is 26.7. The van der Waals surface area contributed by atoms with Crippen molar-refractivity contribution in [3.63, 3.8) is 0 Å². The zero-order chi connectivity index (χ0) is 27.1. The Balaban J connectivity index is 3.08. The smallest absolute Gasteiger partial charge is 0.217 e. The van der Waals surface area contributed by atoms with Crippen molar-refractivity contribution in [2.45, 2.75) is 64.1 Å². The molecule has 0 aromatic heterocycles. The topological polar surface area (TPSA) is 125 Å². The summed E-state index contributed by atoms with van der Waals surface area (Å²) in [6.07, 6.45) is 10.5. The van der Waals surface area contributed by atoms with Crippen LogP contribution >= 0.6 is 12.6 Å². The molecule has 0 aliphatic rings. The molecular weight excluding hydrogens is 504 g/mol. The van der Waals surface area contributed by atoms with Crippen LogP contribution in [0.1, 0.15) is 57.8 Å². The lowest BCUT2D eigenvalue weighted by Crippen LogP contribution is -2.19. The van der Waals surface area contributed by atoms with Gasteiger partial charge < -0.3 is 48.5 Å². The minimum atomic E-state index is -1.55.